The van der Waals surface area contributed by atoms with Gasteiger partial charge in [0.15, 0.2) is 11.6 Å². The molecule has 0 unspecified atom stereocenters. The number of thiazole rings is 1. The molecule has 2 aliphatic rings. The third-order valence-electron chi connectivity index (χ3n) is 9.67. The molecule has 5 aromatic rings. The second kappa shape index (κ2) is 14.6. The van der Waals surface area contributed by atoms with Gasteiger partial charge in [-0.25, -0.2) is 19.3 Å². The molecule has 0 saturated carbocycles. The van der Waals surface area contributed by atoms with Gasteiger partial charge in [0.1, 0.15) is 5.69 Å². The summed E-state index contributed by atoms with van der Waals surface area (Å²) in [6, 6.07) is 5.69. The largest absolute Gasteiger partial charge is 0.478 e. The number of methoxy groups -OCH3 is 1. The van der Waals surface area contributed by atoms with E-state index in [1.54, 1.807) is 35.4 Å². The zero-order chi connectivity index (χ0) is 35.6. The van der Waals surface area contributed by atoms with Crippen molar-refractivity contribution in [2.24, 2.45) is 0 Å². The smallest absolute Gasteiger partial charge is 0.270 e. The molecule has 6 heterocycles. The first-order valence-corrected chi connectivity index (χ1v) is 18.2. The first-order valence-electron chi connectivity index (χ1n) is 17.3. The topological polar surface area (TPSA) is 120 Å². The number of aromatic amines is 1. The van der Waals surface area contributed by atoms with Gasteiger partial charge in [-0.3, -0.25) is 14.6 Å². The number of nitrogens with zero attached hydrogens (tertiary/aromatic N) is 7. The van der Waals surface area contributed by atoms with E-state index in [9.17, 15) is 9.59 Å². The molecule has 1 aromatic carbocycles. The van der Waals surface area contributed by atoms with Crippen LogP contribution in [-0.4, -0.2) is 92.9 Å². The van der Waals surface area contributed by atoms with Crippen LogP contribution in [0.5, 0.6) is 5.88 Å². The summed E-state index contributed by atoms with van der Waals surface area (Å²) in [5.74, 6) is 0.484. The minimum atomic E-state index is -0.441. The molecule has 51 heavy (non-hydrogen) atoms. The first kappa shape index (κ1) is 34.3. The Hall–Kier alpha value is -5.17. The van der Waals surface area contributed by atoms with Crippen molar-refractivity contribution in [2.45, 2.75) is 46.5 Å². The average molecular weight is 709 g/mol. The number of amides is 2. The summed E-state index contributed by atoms with van der Waals surface area (Å²) in [6.07, 6.45) is 9.63. The molecular weight excluding hydrogens is 668 g/mol. The first-order chi connectivity index (χ1) is 24.7. The molecule has 0 spiro atoms. The van der Waals surface area contributed by atoms with Gasteiger partial charge in [0, 0.05) is 92.1 Å². The lowest BCUT2D eigenvalue weighted by Crippen LogP contribution is -2.49. The quantitative estimate of drug-likeness (QED) is 0.198. The van der Waals surface area contributed by atoms with Gasteiger partial charge in [-0.05, 0) is 61.6 Å². The lowest BCUT2D eigenvalue weighted by atomic mass is 9.91. The highest BCUT2D eigenvalue weighted by Gasteiger charge is 2.29. The molecule has 7 rings (SSSR count). The van der Waals surface area contributed by atoms with Crippen LogP contribution < -0.4 is 9.64 Å². The Morgan fingerprint density at radius 1 is 0.961 bits per heavy atom. The van der Waals surface area contributed by atoms with Gasteiger partial charge < -0.3 is 24.4 Å². The van der Waals surface area contributed by atoms with Crippen molar-refractivity contribution in [3.05, 3.63) is 87.3 Å². The number of H-pyrrole nitrogens is 1. The molecule has 13 heteroatoms. The zero-order valence-corrected chi connectivity index (χ0v) is 30.1. The molecule has 264 valence electrons. The van der Waals surface area contributed by atoms with E-state index in [1.165, 1.54) is 11.3 Å². The maximum atomic E-state index is 16.8. The van der Waals surface area contributed by atoms with Crippen LogP contribution in [-0.2, 0) is 17.6 Å². The van der Waals surface area contributed by atoms with Crippen molar-refractivity contribution in [1.82, 2.24) is 34.7 Å². The Morgan fingerprint density at radius 3 is 2.53 bits per heavy atom. The normalized spacial score (nSPS) is 15.0. The number of piperazine rings is 1. The highest BCUT2D eigenvalue weighted by molar-refractivity contribution is 7.09. The molecule has 1 fully saturated rings. The van der Waals surface area contributed by atoms with E-state index in [0.717, 1.165) is 45.1 Å². The van der Waals surface area contributed by atoms with E-state index in [-0.39, 0.29) is 17.3 Å². The fraction of sp³-hybridized carbons (Fsp3) is 0.368. The number of carbonyl (C=O) groups is 2. The van der Waals surface area contributed by atoms with E-state index in [2.05, 4.69) is 42.8 Å². The number of nitrogens with one attached hydrogen (secondary N) is 1. The van der Waals surface area contributed by atoms with Gasteiger partial charge in [0.05, 0.1) is 29.5 Å². The second-order valence-corrected chi connectivity index (χ2v) is 14.0. The summed E-state index contributed by atoms with van der Waals surface area (Å²) >= 11 is 1.54. The van der Waals surface area contributed by atoms with Crippen LogP contribution in [0.1, 0.15) is 57.8 Å². The average Bonchev–Trinajstić information content (AvgIpc) is 3.85. The van der Waals surface area contributed by atoms with Crippen LogP contribution >= 0.6 is 11.3 Å². The van der Waals surface area contributed by atoms with Gasteiger partial charge >= 0.3 is 0 Å². The Morgan fingerprint density at radius 2 is 1.78 bits per heavy atom. The van der Waals surface area contributed by atoms with Crippen LogP contribution in [0, 0.1) is 19.7 Å². The minimum absolute atomic E-state index is 0.0224. The predicted octanol–water partition coefficient (Wildman–Crippen LogP) is 6.01. The number of rotatable bonds is 9. The Labute approximate surface area is 300 Å². The monoisotopic (exact) mass is 708 g/mol. The minimum Gasteiger partial charge on any atom is -0.478 e. The van der Waals surface area contributed by atoms with Gasteiger partial charge in [-0.2, -0.15) is 0 Å². The molecule has 0 aliphatic carbocycles. The summed E-state index contributed by atoms with van der Waals surface area (Å²) in [6.45, 7) is 8.79. The third kappa shape index (κ3) is 6.94. The van der Waals surface area contributed by atoms with Crippen LogP contribution in [0.2, 0.25) is 0 Å². The maximum absolute atomic E-state index is 16.8. The summed E-state index contributed by atoms with van der Waals surface area (Å²) < 4.78 is 22.2. The number of aryl methyl sites for hydroxylation is 4. The van der Waals surface area contributed by atoms with E-state index in [1.807, 2.05) is 37.6 Å². The van der Waals surface area contributed by atoms with Crippen molar-refractivity contribution >= 4 is 45.4 Å². The van der Waals surface area contributed by atoms with Crippen LogP contribution in [0.15, 0.2) is 48.2 Å². The standard InChI is InChI=1S/C38H41FN8O3S/c1-5-25-17-23(2)41-21-30(25)28-18-27(26-7-6-11-47(22-26)33(48)9-8-32-40-10-16-51-32)34(39)35-29(28)19-31(44-35)38(49)46-14-12-45(13-15-46)36-37(50-4)43-24(3)20-42-36/h7,10,16-21,44H,5-6,8-9,11-15,22H2,1-4H3. The summed E-state index contributed by atoms with van der Waals surface area (Å²) in [4.78, 5) is 53.9. The zero-order valence-electron chi connectivity index (χ0n) is 29.3. The highest BCUT2D eigenvalue weighted by Crippen LogP contribution is 2.38. The Kier molecular flexibility index (Phi) is 9.81. The molecule has 0 radical (unpaired) electrons. The molecule has 1 saturated heterocycles. The summed E-state index contributed by atoms with van der Waals surface area (Å²) in [5, 5.41) is 3.45. The second-order valence-electron chi connectivity index (χ2n) is 13.0. The fourth-order valence-electron chi connectivity index (χ4n) is 6.98. The molecule has 1 N–H and O–H groups in total. The molecule has 0 atom stereocenters. The Bertz CT molecular complexity index is 2120. The lowest BCUT2D eigenvalue weighted by molar-refractivity contribution is -0.130. The summed E-state index contributed by atoms with van der Waals surface area (Å²) in [5.41, 5.74) is 6.17. The third-order valence-corrected chi connectivity index (χ3v) is 10.5. The van der Waals surface area contributed by atoms with Crippen molar-refractivity contribution in [1.29, 1.82) is 0 Å². The molecular formula is C38H41FN8O3S. The van der Waals surface area contributed by atoms with Gasteiger partial charge in [0.2, 0.25) is 5.91 Å². The summed E-state index contributed by atoms with van der Waals surface area (Å²) in [7, 11) is 1.57. The molecule has 0 bridgehead atoms. The number of fused-ring (bicyclic) bond motifs is 1. The van der Waals surface area contributed by atoms with Crippen molar-refractivity contribution in [3.8, 4) is 17.0 Å². The van der Waals surface area contributed by atoms with Crippen molar-refractivity contribution in [2.75, 3.05) is 51.3 Å². The van der Waals surface area contributed by atoms with Gasteiger partial charge in [0.25, 0.3) is 11.8 Å². The number of carbonyl (C=O) groups excluding carboxylic acids is 2. The van der Waals surface area contributed by atoms with E-state index < -0.39 is 5.82 Å². The Balaban J connectivity index is 1.20. The van der Waals surface area contributed by atoms with E-state index in [4.69, 9.17) is 4.74 Å². The van der Waals surface area contributed by atoms with E-state index >= 15 is 4.39 Å². The lowest BCUT2D eigenvalue weighted by Gasteiger charge is -2.35. The number of hydrogen-bond acceptors (Lipinski definition) is 9. The number of hydrogen-bond donors (Lipinski definition) is 1. The van der Waals surface area contributed by atoms with Crippen LogP contribution in [0.3, 0.4) is 0 Å². The van der Waals surface area contributed by atoms with Crippen LogP contribution in [0.4, 0.5) is 10.2 Å². The van der Waals surface area contributed by atoms with Crippen LogP contribution in [0.25, 0.3) is 27.6 Å². The van der Waals surface area contributed by atoms with Crippen molar-refractivity contribution in [3.63, 3.8) is 0 Å². The molecule has 2 aliphatic heterocycles. The highest BCUT2D eigenvalue weighted by atomic mass is 32.1. The number of halogens is 1. The van der Waals surface area contributed by atoms with E-state index in [0.29, 0.717) is 86.9 Å². The molecule has 11 nitrogen and oxygen atoms in total. The maximum Gasteiger partial charge on any atom is 0.270 e. The number of benzene rings is 1. The number of anilines is 1. The number of aromatic nitrogens is 5. The molecule has 4 aromatic heterocycles. The predicted molar refractivity (Wildman–Crippen MR) is 197 cm³/mol. The van der Waals surface area contributed by atoms with Crippen molar-refractivity contribution < 1.29 is 18.7 Å². The molecule has 2 amide bonds. The van der Waals surface area contributed by atoms with Gasteiger partial charge in [-0.1, -0.05) is 13.0 Å². The number of pyridine rings is 1. The SMILES string of the molecule is CCc1cc(C)ncc1-c1cc(C2=CCCN(C(=O)CCc3nccs3)C2)c(F)c2[nH]c(C(=O)N3CCN(c4ncc(C)nc4OC)CC3)cc12. The fourth-order valence-corrected chi connectivity index (χ4v) is 7.60. The van der Waals surface area contributed by atoms with Gasteiger partial charge in [-0.15, -0.1) is 11.3 Å². The number of ether oxygens (including phenoxy) is 1.